The lowest BCUT2D eigenvalue weighted by Crippen LogP contribution is -2.42. The van der Waals surface area contributed by atoms with Crippen LogP contribution in [0, 0.1) is 0 Å². The van der Waals surface area contributed by atoms with Crippen LogP contribution in [0.4, 0.5) is 4.79 Å². The summed E-state index contributed by atoms with van der Waals surface area (Å²) in [7, 11) is 4.79. The molecule has 1 unspecified atom stereocenters. The average Bonchev–Trinajstić information content (AvgIpc) is 2.54. The van der Waals surface area contributed by atoms with Crippen LogP contribution in [-0.4, -0.2) is 61.8 Å². The van der Waals surface area contributed by atoms with Gasteiger partial charge in [-0.1, -0.05) is 6.07 Å². The largest absolute Gasteiger partial charge is 0.493 e. The Bertz CT molecular complexity index is 489. The third-order valence-electron chi connectivity index (χ3n) is 3.60. The van der Waals surface area contributed by atoms with Crippen molar-refractivity contribution in [3.05, 3.63) is 23.8 Å². The van der Waals surface area contributed by atoms with E-state index in [9.17, 15) is 9.90 Å². The van der Waals surface area contributed by atoms with E-state index in [0.717, 1.165) is 0 Å². The monoisotopic (exact) mass is 310 g/mol. The van der Waals surface area contributed by atoms with Crippen molar-refractivity contribution in [2.75, 3.05) is 40.9 Å². The van der Waals surface area contributed by atoms with E-state index in [2.05, 4.69) is 0 Å². The molecule has 124 valence electrons. The second-order valence-corrected chi connectivity index (χ2v) is 4.97. The van der Waals surface area contributed by atoms with Gasteiger partial charge in [-0.2, -0.15) is 0 Å². The number of aliphatic hydroxyl groups is 1. The Balaban J connectivity index is 2.80. The van der Waals surface area contributed by atoms with Gasteiger partial charge in [0.1, 0.15) is 0 Å². The molecule has 1 rings (SSSR count). The van der Waals surface area contributed by atoms with Gasteiger partial charge in [0.2, 0.25) is 0 Å². The van der Waals surface area contributed by atoms with Gasteiger partial charge in [-0.3, -0.25) is 0 Å². The van der Waals surface area contributed by atoms with Crippen molar-refractivity contribution in [2.24, 2.45) is 0 Å². The lowest BCUT2D eigenvalue weighted by Gasteiger charge is -2.28. The van der Waals surface area contributed by atoms with Crippen molar-refractivity contribution in [2.45, 2.75) is 20.0 Å². The highest BCUT2D eigenvalue weighted by Crippen LogP contribution is 2.30. The molecule has 0 aliphatic heterocycles. The minimum atomic E-state index is -0.788. The number of rotatable bonds is 7. The summed E-state index contributed by atoms with van der Waals surface area (Å²) in [5, 5.41) is 10.3. The zero-order valence-electron chi connectivity index (χ0n) is 14.0. The zero-order chi connectivity index (χ0) is 16.7. The number of likely N-dealkylation sites (N-methyl/N-ethyl adjacent to an activating group) is 1. The summed E-state index contributed by atoms with van der Waals surface area (Å²) in [5.74, 6) is 1.16. The molecule has 0 fully saturated rings. The first-order valence-corrected chi connectivity index (χ1v) is 7.38. The molecule has 1 aromatic rings. The molecule has 1 N–H and O–H groups in total. The van der Waals surface area contributed by atoms with Gasteiger partial charge in [0, 0.05) is 20.1 Å². The maximum absolute atomic E-state index is 12.2. The van der Waals surface area contributed by atoms with Crippen molar-refractivity contribution >= 4 is 6.03 Å². The Labute approximate surface area is 132 Å². The van der Waals surface area contributed by atoms with E-state index in [4.69, 9.17) is 9.47 Å². The van der Waals surface area contributed by atoms with Gasteiger partial charge >= 0.3 is 6.03 Å². The number of aliphatic hydroxyl groups excluding tert-OH is 1. The molecule has 0 aromatic heterocycles. The summed E-state index contributed by atoms with van der Waals surface area (Å²) in [4.78, 5) is 15.4. The SMILES string of the molecule is CCN(CC)C(=O)N(C)CC(O)c1ccc(OC)c(OC)c1. The van der Waals surface area contributed by atoms with Crippen molar-refractivity contribution in [1.29, 1.82) is 0 Å². The van der Waals surface area contributed by atoms with Gasteiger partial charge in [0.25, 0.3) is 0 Å². The van der Waals surface area contributed by atoms with E-state index in [-0.39, 0.29) is 12.6 Å². The van der Waals surface area contributed by atoms with E-state index in [1.165, 1.54) is 4.90 Å². The van der Waals surface area contributed by atoms with E-state index in [1.807, 2.05) is 13.8 Å². The molecule has 6 heteroatoms. The fourth-order valence-electron chi connectivity index (χ4n) is 2.24. The smallest absolute Gasteiger partial charge is 0.319 e. The van der Waals surface area contributed by atoms with Crippen LogP contribution in [-0.2, 0) is 0 Å². The molecule has 0 aliphatic carbocycles. The number of urea groups is 1. The third kappa shape index (κ3) is 4.27. The summed E-state index contributed by atoms with van der Waals surface area (Å²) in [6.45, 7) is 5.36. The van der Waals surface area contributed by atoms with Crippen LogP contribution < -0.4 is 9.47 Å². The molecule has 6 nitrogen and oxygen atoms in total. The lowest BCUT2D eigenvalue weighted by atomic mass is 10.1. The number of nitrogens with zero attached hydrogens (tertiary/aromatic N) is 2. The second-order valence-electron chi connectivity index (χ2n) is 4.97. The molecular formula is C16H26N2O4. The van der Waals surface area contributed by atoms with Crippen LogP contribution in [0.1, 0.15) is 25.5 Å². The van der Waals surface area contributed by atoms with Crippen LogP contribution in [0.15, 0.2) is 18.2 Å². The predicted octanol–water partition coefficient (Wildman–Crippen LogP) is 2.13. The fourth-order valence-corrected chi connectivity index (χ4v) is 2.24. The van der Waals surface area contributed by atoms with E-state index < -0.39 is 6.10 Å². The molecule has 0 spiro atoms. The van der Waals surface area contributed by atoms with Crippen molar-refractivity contribution in [3.8, 4) is 11.5 Å². The normalized spacial score (nSPS) is 11.7. The van der Waals surface area contributed by atoms with E-state index >= 15 is 0 Å². The molecule has 1 aromatic carbocycles. The Hall–Kier alpha value is -1.95. The van der Waals surface area contributed by atoms with E-state index in [1.54, 1.807) is 44.4 Å². The number of carbonyl (C=O) groups excluding carboxylic acids is 1. The molecule has 22 heavy (non-hydrogen) atoms. The lowest BCUT2D eigenvalue weighted by molar-refractivity contribution is 0.115. The Morgan fingerprint density at radius 2 is 1.77 bits per heavy atom. The number of benzene rings is 1. The first-order valence-electron chi connectivity index (χ1n) is 7.38. The van der Waals surface area contributed by atoms with E-state index in [0.29, 0.717) is 30.2 Å². The van der Waals surface area contributed by atoms with Gasteiger partial charge in [-0.05, 0) is 31.5 Å². The number of hydrogen-bond acceptors (Lipinski definition) is 4. The van der Waals surface area contributed by atoms with Gasteiger partial charge in [-0.15, -0.1) is 0 Å². The summed E-state index contributed by atoms with van der Waals surface area (Å²) >= 11 is 0. The summed E-state index contributed by atoms with van der Waals surface area (Å²) < 4.78 is 10.4. The fraction of sp³-hybridized carbons (Fsp3) is 0.562. The van der Waals surface area contributed by atoms with Crippen molar-refractivity contribution < 1.29 is 19.4 Å². The van der Waals surface area contributed by atoms with Crippen LogP contribution in [0.2, 0.25) is 0 Å². The first kappa shape index (κ1) is 18.1. The molecule has 0 heterocycles. The van der Waals surface area contributed by atoms with Gasteiger partial charge in [-0.25, -0.2) is 4.79 Å². The number of carbonyl (C=O) groups is 1. The van der Waals surface area contributed by atoms with Gasteiger partial charge in [0.15, 0.2) is 11.5 Å². The molecule has 0 radical (unpaired) electrons. The zero-order valence-corrected chi connectivity index (χ0v) is 14.0. The van der Waals surface area contributed by atoms with Crippen molar-refractivity contribution in [3.63, 3.8) is 0 Å². The number of amides is 2. The average molecular weight is 310 g/mol. The van der Waals surface area contributed by atoms with Gasteiger partial charge in [0.05, 0.1) is 26.9 Å². The molecule has 0 aliphatic rings. The minimum absolute atomic E-state index is 0.0930. The Morgan fingerprint density at radius 1 is 1.18 bits per heavy atom. The van der Waals surface area contributed by atoms with Crippen LogP contribution >= 0.6 is 0 Å². The number of methoxy groups -OCH3 is 2. The maximum Gasteiger partial charge on any atom is 0.319 e. The third-order valence-corrected chi connectivity index (χ3v) is 3.60. The molecule has 0 saturated heterocycles. The highest BCUT2D eigenvalue weighted by atomic mass is 16.5. The molecule has 1 atom stereocenters. The quantitative estimate of drug-likeness (QED) is 0.838. The number of hydrogen-bond donors (Lipinski definition) is 1. The minimum Gasteiger partial charge on any atom is -0.493 e. The van der Waals surface area contributed by atoms with Gasteiger partial charge < -0.3 is 24.4 Å². The Kier molecular flexibility index (Phi) is 6.98. The predicted molar refractivity (Wildman–Crippen MR) is 85.5 cm³/mol. The second kappa shape index (κ2) is 8.48. The molecule has 2 amide bonds. The highest BCUT2D eigenvalue weighted by molar-refractivity contribution is 5.74. The molecule has 0 saturated carbocycles. The van der Waals surface area contributed by atoms with Crippen LogP contribution in [0.5, 0.6) is 11.5 Å². The summed E-state index contributed by atoms with van der Waals surface area (Å²) in [6.07, 6.45) is -0.788. The summed E-state index contributed by atoms with van der Waals surface area (Å²) in [5.41, 5.74) is 0.678. The maximum atomic E-state index is 12.2. The highest BCUT2D eigenvalue weighted by Gasteiger charge is 2.19. The summed E-state index contributed by atoms with van der Waals surface area (Å²) in [6, 6.07) is 5.13. The van der Waals surface area contributed by atoms with Crippen LogP contribution in [0.3, 0.4) is 0 Å². The van der Waals surface area contributed by atoms with Crippen LogP contribution in [0.25, 0.3) is 0 Å². The molecular weight excluding hydrogens is 284 g/mol. The first-order chi connectivity index (χ1) is 10.5. The topological polar surface area (TPSA) is 62.2 Å². The van der Waals surface area contributed by atoms with Crippen molar-refractivity contribution in [1.82, 2.24) is 9.80 Å². The Morgan fingerprint density at radius 3 is 2.27 bits per heavy atom. The number of ether oxygens (including phenoxy) is 2. The molecule has 0 bridgehead atoms. The standard InChI is InChI=1S/C16H26N2O4/c1-6-18(7-2)16(20)17(3)11-13(19)12-8-9-14(21-4)15(10-12)22-5/h8-10,13,19H,6-7,11H2,1-5H3.